The Hall–Kier alpha value is -1.83. The fraction of sp³-hybridized carbons (Fsp3) is 0.267. The van der Waals surface area contributed by atoms with E-state index in [0.29, 0.717) is 11.1 Å². The Balaban J connectivity index is 2.71. The largest absolute Gasteiger partial charge is 0.507 e. The smallest absolute Gasteiger partial charge is 0.171 e. The van der Waals surface area contributed by atoms with E-state index in [4.69, 9.17) is 0 Å². The third-order valence-electron chi connectivity index (χ3n) is 3.15. The van der Waals surface area contributed by atoms with Gasteiger partial charge in [-0.3, -0.25) is 4.79 Å². The van der Waals surface area contributed by atoms with Gasteiger partial charge in [-0.2, -0.15) is 0 Å². The average molecular weight is 228 g/mol. The summed E-state index contributed by atoms with van der Waals surface area (Å²) in [5, 5.41) is 9.96. The lowest BCUT2D eigenvalue weighted by atomic mass is 9.92. The minimum absolute atomic E-state index is 0.0393. The van der Waals surface area contributed by atoms with Crippen LogP contribution in [0, 0.1) is 20.8 Å². The third kappa shape index (κ3) is 1.80. The van der Waals surface area contributed by atoms with Gasteiger partial charge in [-0.15, -0.1) is 0 Å². The van der Waals surface area contributed by atoms with Gasteiger partial charge < -0.3 is 5.11 Å². The number of allylic oxidation sites excluding steroid dienone is 2. The Morgan fingerprint density at radius 1 is 1.18 bits per heavy atom. The van der Waals surface area contributed by atoms with Crippen LogP contribution in [0.25, 0.3) is 5.57 Å². The first-order valence-corrected chi connectivity index (χ1v) is 5.64. The summed E-state index contributed by atoms with van der Waals surface area (Å²) in [5.41, 5.74) is 5.01. The first kappa shape index (κ1) is 11.6. The summed E-state index contributed by atoms with van der Waals surface area (Å²) in [5.74, 6) is 0.0209. The van der Waals surface area contributed by atoms with E-state index in [0.717, 1.165) is 22.3 Å². The van der Waals surface area contributed by atoms with Gasteiger partial charge in [-0.05, 0) is 43.0 Å². The molecule has 0 bridgehead atoms. The SMILES string of the molecule is C=C1CC(=O)C(c2c(C)cc(C)cc2C)=C1O. The molecule has 1 aliphatic carbocycles. The number of aryl methyl sites for hydroxylation is 3. The molecular weight excluding hydrogens is 212 g/mol. The van der Waals surface area contributed by atoms with Crippen molar-refractivity contribution in [1.82, 2.24) is 0 Å². The fourth-order valence-corrected chi connectivity index (χ4v) is 2.51. The maximum Gasteiger partial charge on any atom is 0.171 e. The van der Waals surface area contributed by atoms with Crippen LogP contribution in [0.4, 0.5) is 0 Å². The van der Waals surface area contributed by atoms with Crippen molar-refractivity contribution in [2.45, 2.75) is 27.2 Å². The minimum Gasteiger partial charge on any atom is -0.507 e. The Morgan fingerprint density at radius 3 is 2.12 bits per heavy atom. The number of hydrogen-bond acceptors (Lipinski definition) is 2. The summed E-state index contributed by atoms with van der Waals surface area (Å²) < 4.78 is 0. The molecule has 1 aromatic rings. The molecule has 17 heavy (non-hydrogen) atoms. The van der Waals surface area contributed by atoms with Crippen molar-refractivity contribution in [2.24, 2.45) is 0 Å². The topological polar surface area (TPSA) is 37.3 Å². The van der Waals surface area contributed by atoms with Gasteiger partial charge in [-0.25, -0.2) is 0 Å². The zero-order chi connectivity index (χ0) is 12.7. The predicted octanol–water partition coefficient (Wildman–Crippen LogP) is 3.41. The van der Waals surface area contributed by atoms with Crippen LogP contribution >= 0.6 is 0 Å². The molecule has 0 heterocycles. The van der Waals surface area contributed by atoms with Gasteiger partial charge in [0.1, 0.15) is 5.76 Å². The highest BCUT2D eigenvalue weighted by molar-refractivity contribution is 6.26. The van der Waals surface area contributed by atoms with Gasteiger partial charge >= 0.3 is 0 Å². The molecule has 0 fully saturated rings. The summed E-state index contributed by atoms with van der Waals surface area (Å²) in [4.78, 5) is 11.9. The summed E-state index contributed by atoms with van der Waals surface area (Å²) >= 11 is 0. The summed E-state index contributed by atoms with van der Waals surface area (Å²) in [7, 11) is 0. The van der Waals surface area contributed by atoms with Crippen LogP contribution in [0.15, 0.2) is 30.0 Å². The van der Waals surface area contributed by atoms with Gasteiger partial charge in [0.15, 0.2) is 5.78 Å². The minimum atomic E-state index is -0.0393. The van der Waals surface area contributed by atoms with Crippen molar-refractivity contribution in [1.29, 1.82) is 0 Å². The molecule has 0 saturated carbocycles. The first-order valence-electron chi connectivity index (χ1n) is 5.64. The van der Waals surface area contributed by atoms with Crippen LogP contribution in [-0.2, 0) is 4.79 Å². The maximum absolute atomic E-state index is 11.9. The highest BCUT2D eigenvalue weighted by Gasteiger charge is 2.29. The van der Waals surface area contributed by atoms with Crippen LogP contribution in [-0.4, -0.2) is 10.9 Å². The number of ketones is 1. The molecule has 1 aromatic carbocycles. The normalized spacial score (nSPS) is 15.9. The van der Waals surface area contributed by atoms with Gasteiger partial charge in [0.2, 0.25) is 0 Å². The lowest BCUT2D eigenvalue weighted by Gasteiger charge is -2.11. The molecule has 0 aromatic heterocycles. The fourth-order valence-electron chi connectivity index (χ4n) is 2.51. The molecule has 0 saturated heterocycles. The molecule has 1 N–H and O–H groups in total. The first-order chi connectivity index (χ1) is 7.91. The number of aliphatic hydroxyl groups excluding tert-OH is 1. The molecule has 0 aliphatic heterocycles. The number of hydrogen-bond donors (Lipinski definition) is 1. The lowest BCUT2D eigenvalue weighted by Crippen LogP contribution is -2.01. The lowest BCUT2D eigenvalue weighted by molar-refractivity contribution is -0.112. The quantitative estimate of drug-likeness (QED) is 0.799. The van der Waals surface area contributed by atoms with E-state index < -0.39 is 0 Å². The Kier molecular flexibility index (Phi) is 2.66. The van der Waals surface area contributed by atoms with Crippen LogP contribution in [0.5, 0.6) is 0 Å². The van der Waals surface area contributed by atoms with Gasteiger partial charge in [0.05, 0.1) is 5.57 Å². The van der Waals surface area contributed by atoms with Crippen molar-refractivity contribution in [3.05, 3.63) is 52.3 Å². The number of rotatable bonds is 1. The molecule has 2 rings (SSSR count). The standard InChI is InChI=1S/C15H16O2/c1-8-5-9(2)13(10(3)6-8)14-12(16)7-11(4)15(14)17/h5-6,17H,4,7H2,1-3H3. The van der Waals surface area contributed by atoms with E-state index in [1.54, 1.807) is 0 Å². The summed E-state index contributed by atoms with van der Waals surface area (Å²) in [6, 6.07) is 4.05. The number of carbonyl (C=O) groups excluding carboxylic acids is 1. The second kappa shape index (κ2) is 3.88. The molecule has 1 aliphatic rings. The van der Waals surface area contributed by atoms with Crippen molar-refractivity contribution < 1.29 is 9.90 Å². The van der Waals surface area contributed by atoms with E-state index in [1.165, 1.54) is 0 Å². The highest BCUT2D eigenvalue weighted by atomic mass is 16.3. The molecule has 2 heteroatoms. The van der Waals surface area contributed by atoms with Gasteiger partial charge in [0, 0.05) is 6.42 Å². The van der Waals surface area contributed by atoms with Crippen LogP contribution in [0.1, 0.15) is 28.7 Å². The summed E-state index contributed by atoms with van der Waals surface area (Å²) in [6.07, 6.45) is 0.230. The molecule has 0 unspecified atom stereocenters. The van der Waals surface area contributed by atoms with E-state index in [9.17, 15) is 9.90 Å². The maximum atomic E-state index is 11.9. The number of Topliss-reactive ketones (excluding diaryl/α,β-unsaturated/α-hetero) is 1. The van der Waals surface area contributed by atoms with Crippen molar-refractivity contribution in [3.63, 3.8) is 0 Å². The van der Waals surface area contributed by atoms with Crippen molar-refractivity contribution in [3.8, 4) is 0 Å². The second-order valence-electron chi connectivity index (χ2n) is 4.70. The Morgan fingerprint density at radius 2 is 1.71 bits per heavy atom. The Labute approximate surface area is 101 Å². The van der Waals surface area contributed by atoms with Crippen molar-refractivity contribution in [2.75, 3.05) is 0 Å². The molecule has 0 spiro atoms. The number of aliphatic hydroxyl groups is 1. The molecule has 0 radical (unpaired) electrons. The van der Waals surface area contributed by atoms with Gasteiger partial charge in [0.25, 0.3) is 0 Å². The van der Waals surface area contributed by atoms with E-state index in [1.807, 2.05) is 32.9 Å². The van der Waals surface area contributed by atoms with Crippen molar-refractivity contribution >= 4 is 11.4 Å². The van der Waals surface area contributed by atoms with E-state index in [2.05, 4.69) is 6.58 Å². The zero-order valence-corrected chi connectivity index (χ0v) is 10.4. The summed E-state index contributed by atoms with van der Waals surface area (Å²) in [6.45, 7) is 9.66. The zero-order valence-electron chi connectivity index (χ0n) is 10.4. The van der Waals surface area contributed by atoms with Crippen LogP contribution in [0.2, 0.25) is 0 Å². The van der Waals surface area contributed by atoms with E-state index in [-0.39, 0.29) is 18.0 Å². The van der Waals surface area contributed by atoms with Crippen LogP contribution < -0.4 is 0 Å². The Bertz CT molecular complexity index is 539. The molecule has 0 atom stereocenters. The molecule has 0 amide bonds. The average Bonchev–Trinajstić information content (AvgIpc) is 2.43. The van der Waals surface area contributed by atoms with Crippen LogP contribution in [0.3, 0.4) is 0 Å². The van der Waals surface area contributed by atoms with E-state index >= 15 is 0 Å². The van der Waals surface area contributed by atoms with Gasteiger partial charge in [-0.1, -0.05) is 24.3 Å². The monoisotopic (exact) mass is 228 g/mol. The predicted molar refractivity (Wildman–Crippen MR) is 69.0 cm³/mol. The highest BCUT2D eigenvalue weighted by Crippen LogP contribution is 2.35. The third-order valence-corrected chi connectivity index (χ3v) is 3.15. The molecule has 88 valence electrons. The number of benzene rings is 1. The molecule has 2 nitrogen and oxygen atoms in total. The number of carbonyl (C=O) groups is 1. The second-order valence-corrected chi connectivity index (χ2v) is 4.70. The molecular formula is C15H16O2.